The van der Waals surface area contributed by atoms with E-state index in [4.69, 9.17) is 33.2 Å². The van der Waals surface area contributed by atoms with Gasteiger partial charge in [-0.2, -0.15) is 0 Å². The van der Waals surface area contributed by atoms with Crippen molar-refractivity contribution < 1.29 is 62.9 Å². The van der Waals surface area contributed by atoms with Gasteiger partial charge in [0.15, 0.2) is 5.60 Å². The summed E-state index contributed by atoms with van der Waals surface area (Å²) in [5, 5.41) is 40.4. The topological polar surface area (TPSA) is 180 Å². The average molecular weight is 924 g/mol. The minimum atomic E-state index is -2.19. The minimum Gasteiger partial charge on any atom is -0.462 e. The highest BCUT2D eigenvalue weighted by atomic mass is 16.6. The number of fused-ring (bicyclic) bond motifs is 2. The molecule has 14 nitrogen and oxygen atoms in total. The summed E-state index contributed by atoms with van der Waals surface area (Å²) in [6, 6.07) is 7.59. The third kappa shape index (κ3) is 8.10. The molecule has 7 rings (SSSR count). The molecule has 7 bridgehead atoms. The number of unbranched alkanes of at least 4 members (excludes halogenated alkanes) is 12. The number of aliphatic hydroxyl groups is 3. The Morgan fingerprint density at radius 2 is 1.45 bits per heavy atom. The van der Waals surface area contributed by atoms with E-state index in [9.17, 15) is 29.7 Å². The van der Waals surface area contributed by atoms with Gasteiger partial charge < -0.3 is 53.4 Å². The summed E-state index contributed by atoms with van der Waals surface area (Å²) in [5.74, 6) is -5.19. The van der Waals surface area contributed by atoms with Crippen LogP contribution in [-0.4, -0.2) is 146 Å². The first-order valence-corrected chi connectivity index (χ1v) is 24.6. The van der Waals surface area contributed by atoms with E-state index >= 15 is 0 Å². The lowest BCUT2D eigenvalue weighted by molar-refractivity contribution is -0.353. The number of nitrogens with zero attached hydrogens (tertiary/aromatic N) is 1. The maximum Gasteiger partial charge on any atom is 0.338 e. The van der Waals surface area contributed by atoms with Gasteiger partial charge in [-0.3, -0.25) is 4.79 Å². The number of benzene rings is 1. The number of hydrogen-bond acceptors (Lipinski definition) is 14. The number of carbonyl (C=O) groups is 3. The maximum atomic E-state index is 14.5. The van der Waals surface area contributed by atoms with Crippen molar-refractivity contribution in [2.24, 2.45) is 28.6 Å². The van der Waals surface area contributed by atoms with Crippen LogP contribution in [0.3, 0.4) is 0 Å². The fourth-order valence-electron chi connectivity index (χ4n) is 15.0. The molecule has 1 heterocycles. The van der Waals surface area contributed by atoms with Gasteiger partial charge in [-0.25, -0.2) is 9.59 Å². The van der Waals surface area contributed by atoms with E-state index in [0.717, 1.165) is 19.3 Å². The smallest absolute Gasteiger partial charge is 0.338 e. The Labute approximate surface area is 391 Å². The van der Waals surface area contributed by atoms with Crippen LogP contribution in [0.15, 0.2) is 54.6 Å². The van der Waals surface area contributed by atoms with Crippen molar-refractivity contribution >= 4 is 17.9 Å². The Morgan fingerprint density at radius 1 is 0.803 bits per heavy atom. The van der Waals surface area contributed by atoms with Crippen LogP contribution in [0, 0.1) is 28.6 Å². The highest BCUT2D eigenvalue weighted by Gasteiger charge is 2.96. The summed E-state index contributed by atoms with van der Waals surface area (Å²) >= 11 is 0. The van der Waals surface area contributed by atoms with Gasteiger partial charge >= 0.3 is 17.9 Å². The number of methoxy groups -OCH3 is 4. The average Bonchev–Trinajstić information content (AvgIpc) is 3.66. The third-order valence-electron chi connectivity index (χ3n) is 16.9. The van der Waals surface area contributed by atoms with Crippen LogP contribution in [0.1, 0.15) is 121 Å². The molecule has 14 heteroatoms. The van der Waals surface area contributed by atoms with Gasteiger partial charge in [0.1, 0.15) is 30.0 Å². The summed E-state index contributed by atoms with van der Waals surface area (Å²) in [7, 11) is 7.86. The molecule has 0 amide bonds. The van der Waals surface area contributed by atoms with Crippen LogP contribution < -0.4 is 0 Å². The van der Waals surface area contributed by atoms with Gasteiger partial charge in [-0.05, 0) is 32.0 Å². The number of rotatable bonds is 24. The predicted octanol–water partition coefficient (Wildman–Crippen LogP) is 6.13. The molecule has 368 valence electrons. The SMILES string of the molecule is CCCCCCCCCCCCCC/C=C/C=C/C(=O)O[C@@]12[C@@H]3C4N(C)C[C@@]5(COC)[C@@H]([C@H]3OC)[C@@]4([C@@H](OC)C[C@H]5OC(C)=O)[C@]3(O)C[C@@](O)([C@H](OC(=O)c4ccccc4)[C@H]13)[C@@H](OC)[C@@H]2O. The first-order valence-electron chi connectivity index (χ1n) is 24.6. The number of piperidine rings is 1. The Bertz CT molecular complexity index is 1900. The molecule has 6 aliphatic rings. The number of hydrogen-bond donors (Lipinski definition) is 3. The number of aliphatic hydroxyl groups excluding tert-OH is 1. The summed E-state index contributed by atoms with van der Waals surface area (Å²) in [5.41, 5.74) is -8.59. The summed E-state index contributed by atoms with van der Waals surface area (Å²) in [4.78, 5) is 43.6. The number of likely N-dealkylation sites (tertiary alicyclic amines) is 1. The molecule has 5 saturated carbocycles. The monoisotopic (exact) mass is 924 g/mol. The molecule has 0 radical (unpaired) electrons. The van der Waals surface area contributed by atoms with Gasteiger partial charge in [0.25, 0.3) is 0 Å². The zero-order valence-electron chi connectivity index (χ0n) is 40.4. The molecule has 3 N–H and O–H groups in total. The second-order valence-corrected chi connectivity index (χ2v) is 20.3. The highest BCUT2D eigenvalue weighted by Crippen LogP contribution is 2.82. The molecule has 1 aromatic carbocycles. The van der Waals surface area contributed by atoms with Crippen LogP contribution in [0.5, 0.6) is 0 Å². The Balaban J connectivity index is 1.23. The number of ether oxygens (including phenoxy) is 7. The zero-order chi connectivity index (χ0) is 47.5. The lowest BCUT2D eigenvalue weighted by Crippen LogP contribution is -2.85. The van der Waals surface area contributed by atoms with Crippen molar-refractivity contribution in [3.63, 3.8) is 0 Å². The van der Waals surface area contributed by atoms with Crippen LogP contribution in [0.2, 0.25) is 0 Å². The van der Waals surface area contributed by atoms with Gasteiger partial charge in [0, 0.05) is 89.5 Å². The van der Waals surface area contributed by atoms with Gasteiger partial charge in [-0.1, -0.05) is 114 Å². The largest absolute Gasteiger partial charge is 0.462 e. The fourth-order valence-corrected chi connectivity index (χ4v) is 15.0. The molecular weight excluding hydrogens is 847 g/mol. The predicted molar refractivity (Wildman–Crippen MR) is 245 cm³/mol. The second-order valence-electron chi connectivity index (χ2n) is 20.3. The Hall–Kier alpha value is -3.21. The Kier molecular flexibility index (Phi) is 16.0. The van der Waals surface area contributed by atoms with Gasteiger partial charge in [0.2, 0.25) is 0 Å². The van der Waals surface area contributed by atoms with E-state index in [1.165, 1.54) is 91.4 Å². The first-order chi connectivity index (χ1) is 31.7. The van der Waals surface area contributed by atoms with E-state index in [2.05, 4.69) is 6.92 Å². The van der Waals surface area contributed by atoms with Crippen molar-refractivity contribution in [1.29, 1.82) is 0 Å². The fraction of sp³-hybridized carbons (Fsp3) is 0.750. The minimum absolute atomic E-state index is 0.0826. The first kappa shape index (κ1) is 50.7. The van der Waals surface area contributed by atoms with Gasteiger partial charge in [-0.15, -0.1) is 0 Å². The molecule has 15 atom stereocenters. The van der Waals surface area contributed by atoms with Crippen LogP contribution in [0.25, 0.3) is 0 Å². The molecule has 0 aromatic heterocycles. The van der Waals surface area contributed by atoms with Gasteiger partial charge in [0.05, 0.1) is 35.9 Å². The molecule has 1 saturated heterocycles. The molecule has 1 aliphatic heterocycles. The van der Waals surface area contributed by atoms with Crippen LogP contribution >= 0.6 is 0 Å². The molecule has 66 heavy (non-hydrogen) atoms. The lowest BCUT2D eigenvalue weighted by Gasteiger charge is -2.72. The van der Waals surface area contributed by atoms with Crippen LogP contribution in [-0.2, 0) is 42.7 Å². The molecule has 1 aromatic rings. The van der Waals surface area contributed by atoms with Crippen molar-refractivity contribution in [1.82, 2.24) is 4.90 Å². The van der Waals surface area contributed by atoms with Crippen molar-refractivity contribution in [2.75, 3.05) is 48.6 Å². The van der Waals surface area contributed by atoms with E-state index in [1.807, 2.05) is 24.1 Å². The molecular formula is C52H77NO13. The van der Waals surface area contributed by atoms with Crippen LogP contribution in [0.4, 0.5) is 0 Å². The summed E-state index contributed by atoms with van der Waals surface area (Å²) in [6.07, 6.45) is 15.2. The summed E-state index contributed by atoms with van der Waals surface area (Å²) in [6.45, 7) is 4.00. The maximum absolute atomic E-state index is 14.5. The highest BCUT2D eigenvalue weighted by molar-refractivity contribution is 5.89. The quantitative estimate of drug-likeness (QED) is 0.0355. The standard InChI is InChI=1S/C52H77NO13/c1-8-9-10-11-12-13-14-15-16-17-18-19-20-21-22-26-29-38(55)66-52-39-40(62-6)41-48(33-60-4)32-53(3)43(39)51(41,37(61-5)30-36(48)64-34(2)54)50(59)31-49(58,46(63-7)44(52)56)45(42(50)52)65-47(57)35-27-24-23-25-28-35/h21-29,36-37,39-46,56,58-59H,8-20,30-33H2,1-7H3/b22-21+,29-26+/t36-,37+,39+,40+,41-,42+,43?,44+,45-,46+,48+,49-,50+,51-,52+/m1/s1. The number of esters is 3. The molecule has 6 fully saturated rings. The zero-order valence-corrected chi connectivity index (χ0v) is 40.4. The molecule has 1 unspecified atom stereocenters. The summed E-state index contributed by atoms with van der Waals surface area (Å²) < 4.78 is 44.4. The lowest BCUT2D eigenvalue weighted by atomic mass is 9.40. The van der Waals surface area contributed by atoms with E-state index < -0.39 is 112 Å². The normalized spacial score (nSPS) is 39.7. The molecule has 5 aliphatic carbocycles. The number of allylic oxidation sites excluding steroid dienone is 3. The van der Waals surface area contributed by atoms with E-state index in [1.54, 1.807) is 50.6 Å². The Morgan fingerprint density at radius 3 is 2.05 bits per heavy atom. The van der Waals surface area contributed by atoms with Crippen molar-refractivity contribution in [2.45, 2.75) is 170 Å². The van der Waals surface area contributed by atoms with Crippen molar-refractivity contribution in [3.8, 4) is 0 Å². The third-order valence-corrected chi connectivity index (χ3v) is 16.9. The van der Waals surface area contributed by atoms with E-state index in [-0.39, 0.29) is 18.6 Å². The molecule has 1 spiro atoms. The van der Waals surface area contributed by atoms with E-state index in [0.29, 0.717) is 6.54 Å². The van der Waals surface area contributed by atoms with Crippen molar-refractivity contribution in [3.05, 3.63) is 60.2 Å². The second kappa shape index (κ2) is 20.8. The number of carbonyl (C=O) groups excluding carboxylic acids is 3.